The fraction of sp³-hybridized carbons (Fsp3) is 0.100. The molecule has 0 saturated carbocycles. The van der Waals surface area contributed by atoms with Gasteiger partial charge in [-0.25, -0.2) is 4.99 Å². The molecule has 0 fully saturated rings. The number of hydrogen-bond donors (Lipinski definition) is 2. The minimum Gasteiger partial charge on any atom is -0.370 e. The van der Waals surface area contributed by atoms with Gasteiger partial charge in [-0.1, -0.05) is 24.3 Å². The first-order valence-corrected chi connectivity index (χ1v) is 4.06. The Morgan fingerprint density at radius 2 is 2.15 bits per heavy atom. The maximum absolute atomic E-state index is 5.58. The van der Waals surface area contributed by atoms with Crippen LogP contribution >= 0.6 is 0 Å². The SMILES string of the molecule is C=CCN=C(N)Nc1ccccc1. The van der Waals surface area contributed by atoms with Gasteiger partial charge in [-0.15, -0.1) is 6.58 Å². The van der Waals surface area contributed by atoms with E-state index >= 15 is 0 Å². The lowest BCUT2D eigenvalue weighted by Gasteiger charge is -2.03. The Bertz CT molecular complexity index is 290. The molecular weight excluding hydrogens is 162 g/mol. The maximum atomic E-state index is 5.58. The molecule has 0 atom stereocenters. The molecule has 68 valence electrons. The van der Waals surface area contributed by atoms with Crippen molar-refractivity contribution in [1.29, 1.82) is 0 Å². The first kappa shape index (κ1) is 9.32. The van der Waals surface area contributed by atoms with Gasteiger partial charge in [0, 0.05) is 5.69 Å². The number of guanidine groups is 1. The first-order chi connectivity index (χ1) is 6.33. The van der Waals surface area contributed by atoms with Crippen molar-refractivity contribution in [3.05, 3.63) is 43.0 Å². The van der Waals surface area contributed by atoms with Gasteiger partial charge in [-0.05, 0) is 12.1 Å². The molecule has 1 rings (SSSR count). The smallest absolute Gasteiger partial charge is 0.193 e. The van der Waals surface area contributed by atoms with E-state index in [1.54, 1.807) is 6.08 Å². The summed E-state index contributed by atoms with van der Waals surface area (Å²) in [5.74, 6) is 0.408. The molecule has 3 N–H and O–H groups in total. The van der Waals surface area contributed by atoms with Gasteiger partial charge in [0.2, 0.25) is 0 Å². The number of hydrogen-bond acceptors (Lipinski definition) is 1. The van der Waals surface area contributed by atoms with Crippen LogP contribution in [-0.2, 0) is 0 Å². The molecule has 1 aromatic rings. The maximum Gasteiger partial charge on any atom is 0.193 e. The molecule has 13 heavy (non-hydrogen) atoms. The minimum absolute atomic E-state index is 0.408. The first-order valence-electron chi connectivity index (χ1n) is 4.06. The Morgan fingerprint density at radius 3 is 2.77 bits per heavy atom. The molecule has 0 unspecified atom stereocenters. The summed E-state index contributed by atoms with van der Waals surface area (Å²) in [5.41, 5.74) is 6.52. The van der Waals surface area contributed by atoms with Crippen LogP contribution in [0.3, 0.4) is 0 Å². The third-order valence-corrected chi connectivity index (χ3v) is 1.44. The molecule has 0 aliphatic rings. The Kier molecular flexibility index (Phi) is 3.57. The molecule has 0 aromatic heterocycles. The van der Waals surface area contributed by atoms with Gasteiger partial charge >= 0.3 is 0 Å². The number of para-hydroxylation sites is 1. The Hall–Kier alpha value is -1.77. The summed E-state index contributed by atoms with van der Waals surface area (Å²) < 4.78 is 0. The zero-order chi connectivity index (χ0) is 9.52. The number of anilines is 1. The van der Waals surface area contributed by atoms with Gasteiger partial charge in [-0.2, -0.15) is 0 Å². The number of nitrogens with zero attached hydrogens (tertiary/aromatic N) is 1. The largest absolute Gasteiger partial charge is 0.370 e. The van der Waals surface area contributed by atoms with Gasteiger partial charge < -0.3 is 11.1 Å². The van der Waals surface area contributed by atoms with Gasteiger partial charge in [0.25, 0.3) is 0 Å². The molecular formula is C10H13N3. The fourth-order valence-corrected chi connectivity index (χ4v) is 0.872. The van der Waals surface area contributed by atoms with Crippen LogP contribution < -0.4 is 11.1 Å². The zero-order valence-electron chi connectivity index (χ0n) is 7.40. The van der Waals surface area contributed by atoms with E-state index in [2.05, 4.69) is 16.9 Å². The standard InChI is InChI=1S/C10H13N3/c1-2-8-12-10(11)13-9-6-4-3-5-7-9/h2-7H,1,8H2,(H3,11,12,13). The van der Waals surface area contributed by atoms with Crippen LogP contribution in [0, 0.1) is 0 Å². The van der Waals surface area contributed by atoms with Crippen molar-refractivity contribution < 1.29 is 0 Å². The number of nitrogens with two attached hydrogens (primary N) is 1. The van der Waals surface area contributed by atoms with E-state index < -0.39 is 0 Å². The van der Waals surface area contributed by atoms with E-state index in [0.29, 0.717) is 12.5 Å². The highest BCUT2D eigenvalue weighted by Gasteiger charge is 1.90. The van der Waals surface area contributed by atoms with Gasteiger partial charge in [-0.3, -0.25) is 0 Å². The summed E-state index contributed by atoms with van der Waals surface area (Å²) in [4.78, 5) is 4.00. The number of nitrogens with one attached hydrogen (secondary N) is 1. The van der Waals surface area contributed by atoms with Crippen LogP contribution in [-0.4, -0.2) is 12.5 Å². The molecule has 0 aliphatic carbocycles. The lowest BCUT2D eigenvalue weighted by atomic mass is 10.3. The van der Waals surface area contributed by atoms with Gasteiger partial charge in [0.15, 0.2) is 5.96 Å². The van der Waals surface area contributed by atoms with E-state index in [-0.39, 0.29) is 0 Å². The fourth-order valence-electron chi connectivity index (χ4n) is 0.872. The number of rotatable bonds is 3. The van der Waals surface area contributed by atoms with E-state index in [4.69, 9.17) is 5.73 Å². The molecule has 3 heteroatoms. The van der Waals surface area contributed by atoms with Crippen LogP contribution in [0.2, 0.25) is 0 Å². The van der Waals surface area contributed by atoms with Gasteiger partial charge in [0.05, 0.1) is 6.54 Å². The van der Waals surface area contributed by atoms with Crippen LogP contribution in [0.4, 0.5) is 5.69 Å². The molecule has 0 spiro atoms. The molecule has 0 saturated heterocycles. The lowest BCUT2D eigenvalue weighted by Crippen LogP contribution is -2.22. The molecule has 0 bridgehead atoms. The minimum atomic E-state index is 0.408. The van der Waals surface area contributed by atoms with Crippen LogP contribution in [0.5, 0.6) is 0 Å². The number of benzene rings is 1. The zero-order valence-corrected chi connectivity index (χ0v) is 7.40. The molecule has 0 amide bonds. The normalized spacial score (nSPS) is 10.9. The Morgan fingerprint density at radius 1 is 1.46 bits per heavy atom. The topological polar surface area (TPSA) is 50.4 Å². The molecule has 3 nitrogen and oxygen atoms in total. The lowest BCUT2D eigenvalue weighted by molar-refractivity contribution is 1.23. The van der Waals surface area contributed by atoms with Gasteiger partial charge in [0.1, 0.15) is 0 Å². The van der Waals surface area contributed by atoms with Crippen molar-refractivity contribution in [2.45, 2.75) is 0 Å². The van der Waals surface area contributed by atoms with E-state index in [9.17, 15) is 0 Å². The highest BCUT2D eigenvalue weighted by atomic mass is 15.1. The molecule has 0 aliphatic heterocycles. The summed E-state index contributed by atoms with van der Waals surface area (Å²) in [6.07, 6.45) is 1.69. The van der Waals surface area contributed by atoms with Crippen molar-refractivity contribution in [3.8, 4) is 0 Å². The van der Waals surface area contributed by atoms with Crippen molar-refractivity contribution in [3.63, 3.8) is 0 Å². The molecule has 1 aromatic carbocycles. The Labute approximate surface area is 78.0 Å². The van der Waals surface area contributed by atoms with Crippen LogP contribution in [0.15, 0.2) is 48.0 Å². The van der Waals surface area contributed by atoms with Crippen LogP contribution in [0.1, 0.15) is 0 Å². The van der Waals surface area contributed by atoms with Crippen molar-refractivity contribution in [1.82, 2.24) is 0 Å². The third kappa shape index (κ3) is 3.42. The van der Waals surface area contributed by atoms with E-state index in [0.717, 1.165) is 5.69 Å². The number of aliphatic imine (C=N–C) groups is 1. The predicted molar refractivity (Wildman–Crippen MR) is 56.8 cm³/mol. The Balaban J connectivity index is 2.54. The quantitative estimate of drug-likeness (QED) is 0.416. The second-order valence-electron chi connectivity index (χ2n) is 2.51. The summed E-state index contributed by atoms with van der Waals surface area (Å²) >= 11 is 0. The van der Waals surface area contributed by atoms with Crippen LogP contribution in [0.25, 0.3) is 0 Å². The second kappa shape index (κ2) is 4.98. The highest BCUT2D eigenvalue weighted by molar-refractivity contribution is 5.92. The van der Waals surface area contributed by atoms with Crippen molar-refractivity contribution in [2.24, 2.45) is 10.7 Å². The second-order valence-corrected chi connectivity index (χ2v) is 2.51. The highest BCUT2D eigenvalue weighted by Crippen LogP contribution is 2.03. The van der Waals surface area contributed by atoms with E-state index in [1.807, 2.05) is 30.3 Å². The summed E-state index contributed by atoms with van der Waals surface area (Å²) in [5, 5.41) is 2.96. The summed E-state index contributed by atoms with van der Waals surface area (Å²) in [6, 6.07) is 9.67. The molecule has 0 heterocycles. The van der Waals surface area contributed by atoms with Crippen molar-refractivity contribution in [2.75, 3.05) is 11.9 Å². The molecule has 0 radical (unpaired) electrons. The predicted octanol–water partition coefficient (Wildman–Crippen LogP) is 1.60. The summed E-state index contributed by atoms with van der Waals surface area (Å²) in [7, 11) is 0. The average molecular weight is 175 g/mol. The monoisotopic (exact) mass is 175 g/mol. The average Bonchev–Trinajstić information content (AvgIpc) is 2.16. The van der Waals surface area contributed by atoms with E-state index in [1.165, 1.54) is 0 Å². The third-order valence-electron chi connectivity index (χ3n) is 1.44. The summed E-state index contributed by atoms with van der Waals surface area (Å²) in [6.45, 7) is 4.08. The van der Waals surface area contributed by atoms with Crippen molar-refractivity contribution >= 4 is 11.6 Å².